The van der Waals surface area contributed by atoms with Gasteiger partial charge in [0.15, 0.2) is 0 Å². The second-order valence-electron chi connectivity index (χ2n) is 3.49. The van der Waals surface area contributed by atoms with Gasteiger partial charge in [-0.2, -0.15) is 0 Å². The maximum absolute atomic E-state index is 11.4. The van der Waals surface area contributed by atoms with Crippen LogP contribution >= 0.6 is 11.8 Å². The van der Waals surface area contributed by atoms with Gasteiger partial charge in [0, 0.05) is 0 Å². The molecule has 15 heavy (non-hydrogen) atoms. The van der Waals surface area contributed by atoms with Crippen LogP contribution in [0.5, 0.6) is 0 Å². The number of nitrogens with two attached hydrogens (primary N) is 1. The summed E-state index contributed by atoms with van der Waals surface area (Å²) in [7, 11) is 0. The number of carbonyl (C=O) groups is 1. The van der Waals surface area contributed by atoms with Gasteiger partial charge in [-0.15, -0.1) is 5.10 Å². The Hall–Kier alpha value is -1.08. The number of nitrogens with zero attached hydrogens (tertiary/aromatic N) is 2. The summed E-state index contributed by atoms with van der Waals surface area (Å²) < 4.78 is 0. The van der Waals surface area contributed by atoms with E-state index in [4.69, 9.17) is 5.84 Å². The molecule has 0 saturated heterocycles. The van der Waals surface area contributed by atoms with Gasteiger partial charge in [-0.05, 0) is 12.8 Å². The highest BCUT2D eigenvalue weighted by molar-refractivity contribution is 8.00. The average molecular weight is 229 g/mol. The first kappa shape index (κ1) is 12.0. The summed E-state index contributed by atoms with van der Waals surface area (Å²) >= 11 is 1.30. The number of rotatable bonds is 4. The van der Waals surface area contributed by atoms with E-state index in [0.29, 0.717) is 5.16 Å². The fourth-order valence-corrected chi connectivity index (χ4v) is 2.03. The van der Waals surface area contributed by atoms with Crippen molar-refractivity contribution < 1.29 is 4.79 Å². The third-order valence-corrected chi connectivity index (χ3v) is 3.22. The number of aromatic nitrogens is 3. The molecule has 1 heterocycles. The Bertz CT molecular complexity index is 338. The topological polar surface area (TPSA) is 96.7 Å². The van der Waals surface area contributed by atoms with E-state index in [2.05, 4.69) is 20.6 Å². The number of aromatic amines is 1. The second kappa shape index (κ2) is 5.13. The molecule has 4 N–H and O–H groups in total. The Labute approximate surface area is 92.4 Å². The molecule has 1 rings (SSSR count). The minimum atomic E-state index is -0.273. The van der Waals surface area contributed by atoms with Crippen molar-refractivity contribution >= 4 is 17.7 Å². The van der Waals surface area contributed by atoms with E-state index in [1.54, 1.807) is 0 Å². The van der Waals surface area contributed by atoms with Crippen LogP contribution in [0.15, 0.2) is 5.16 Å². The number of hydrazine groups is 1. The number of nitrogens with one attached hydrogen (secondary N) is 2. The van der Waals surface area contributed by atoms with Crippen LogP contribution in [-0.2, 0) is 4.79 Å². The molecule has 0 spiro atoms. The highest BCUT2D eigenvalue weighted by Crippen LogP contribution is 2.25. The van der Waals surface area contributed by atoms with Crippen LogP contribution in [0.25, 0.3) is 0 Å². The van der Waals surface area contributed by atoms with Crippen LogP contribution in [0.2, 0.25) is 0 Å². The second-order valence-corrected chi connectivity index (χ2v) is 4.60. The Morgan fingerprint density at radius 1 is 1.60 bits per heavy atom. The van der Waals surface area contributed by atoms with Crippen LogP contribution in [0, 0.1) is 12.8 Å². The molecule has 1 amide bonds. The van der Waals surface area contributed by atoms with Gasteiger partial charge in [0.1, 0.15) is 5.82 Å². The van der Waals surface area contributed by atoms with Crippen molar-refractivity contribution in [3.8, 4) is 0 Å². The summed E-state index contributed by atoms with van der Waals surface area (Å²) in [6.45, 7) is 5.71. The van der Waals surface area contributed by atoms with Crippen LogP contribution in [0.1, 0.15) is 19.7 Å². The summed E-state index contributed by atoms with van der Waals surface area (Å²) in [5.74, 6) is 5.79. The number of H-pyrrole nitrogens is 1. The number of hydrogen-bond acceptors (Lipinski definition) is 5. The summed E-state index contributed by atoms with van der Waals surface area (Å²) in [6.07, 6.45) is 0. The summed E-state index contributed by atoms with van der Waals surface area (Å²) in [4.78, 5) is 15.6. The van der Waals surface area contributed by atoms with Gasteiger partial charge in [-0.25, -0.2) is 10.8 Å². The Balaban J connectivity index is 2.71. The lowest BCUT2D eigenvalue weighted by atomic mass is 10.1. The molecule has 0 aliphatic rings. The smallest absolute Gasteiger partial charge is 0.247 e. The molecule has 0 saturated carbocycles. The predicted octanol–water partition coefficient (Wildman–Crippen LogP) is 0.220. The molecule has 1 aromatic heterocycles. The summed E-state index contributed by atoms with van der Waals surface area (Å²) in [5, 5.41) is 6.98. The van der Waals surface area contributed by atoms with Crippen molar-refractivity contribution in [2.75, 3.05) is 0 Å². The van der Waals surface area contributed by atoms with Crippen molar-refractivity contribution in [2.24, 2.45) is 11.8 Å². The number of hydrogen-bond donors (Lipinski definition) is 3. The molecule has 7 heteroatoms. The average Bonchev–Trinajstić information content (AvgIpc) is 2.59. The molecule has 0 radical (unpaired) electrons. The monoisotopic (exact) mass is 229 g/mol. The quantitative estimate of drug-likeness (QED) is 0.297. The standard InChI is InChI=1S/C8H15N5OS/c1-4(2)6(7(14)11-9)15-8-10-5(3)12-13-8/h4,6H,9H2,1-3H3,(H,11,14)(H,10,12,13). The van der Waals surface area contributed by atoms with Crippen molar-refractivity contribution in [2.45, 2.75) is 31.2 Å². The van der Waals surface area contributed by atoms with Crippen molar-refractivity contribution in [1.29, 1.82) is 0 Å². The van der Waals surface area contributed by atoms with E-state index in [-0.39, 0.29) is 17.1 Å². The summed E-state index contributed by atoms with van der Waals surface area (Å²) in [6, 6.07) is 0. The molecule has 0 fully saturated rings. The van der Waals surface area contributed by atoms with Gasteiger partial charge in [0.05, 0.1) is 5.25 Å². The Kier molecular flexibility index (Phi) is 4.10. The Morgan fingerprint density at radius 3 is 2.67 bits per heavy atom. The van der Waals surface area contributed by atoms with E-state index in [9.17, 15) is 4.79 Å². The minimum Gasteiger partial charge on any atom is -0.293 e. The number of aryl methyl sites for hydroxylation is 1. The Morgan fingerprint density at radius 2 is 2.27 bits per heavy atom. The van der Waals surface area contributed by atoms with Crippen molar-refractivity contribution in [3.05, 3.63) is 5.82 Å². The number of carbonyl (C=O) groups excluding carboxylic acids is 1. The van der Waals surface area contributed by atoms with Gasteiger partial charge in [-0.1, -0.05) is 25.6 Å². The maximum Gasteiger partial charge on any atom is 0.247 e. The zero-order valence-electron chi connectivity index (χ0n) is 8.94. The third kappa shape index (κ3) is 3.21. The van der Waals surface area contributed by atoms with Gasteiger partial charge in [0.2, 0.25) is 11.1 Å². The first-order valence-electron chi connectivity index (χ1n) is 4.60. The largest absolute Gasteiger partial charge is 0.293 e. The van der Waals surface area contributed by atoms with Crippen molar-refractivity contribution in [3.63, 3.8) is 0 Å². The molecule has 0 bridgehead atoms. The maximum atomic E-state index is 11.4. The molecule has 1 unspecified atom stereocenters. The molecule has 1 atom stereocenters. The van der Waals surface area contributed by atoms with Crippen LogP contribution in [0.4, 0.5) is 0 Å². The van der Waals surface area contributed by atoms with Gasteiger partial charge >= 0.3 is 0 Å². The van der Waals surface area contributed by atoms with Gasteiger partial charge < -0.3 is 0 Å². The fourth-order valence-electron chi connectivity index (χ4n) is 1.06. The highest BCUT2D eigenvalue weighted by atomic mass is 32.2. The molecular weight excluding hydrogens is 214 g/mol. The van der Waals surface area contributed by atoms with Gasteiger partial charge in [-0.3, -0.25) is 15.3 Å². The van der Waals surface area contributed by atoms with E-state index >= 15 is 0 Å². The fraction of sp³-hybridized carbons (Fsp3) is 0.625. The molecule has 84 valence electrons. The zero-order chi connectivity index (χ0) is 11.4. The van der Waals surface area contributed by atoms with E-state index in [0.717, 1.165) is 5.82 Å². The van der Waals surface area contributed by atoms with E-state index < -0.39 is 0 Å². The van der Waals surface area contributed by atoms with Crippen LogP contribution < -0.4 is 11.3 Å². The van der Waals surface area contributed by atoms with Crippen molar-refractivity contribution in [1.82, 2.24) is 20.6 Å². The van der Waals surface area contributed by atoms with Crippen LogP contribution in [0.3, 0.4) is 0 Å². The first-order chi connectivity index (χ1) is 7.04. The van der Waals surface area contributed by atoms with E-state index in [1.807, 2.05) is 20.8 Å². The lowest BCUT2D eigenvalue weighted by Crippen LogP contribution is -2.40. The van der Waals surface area contributed by atoms with Crippen LogP contribution in [-0.4, -0.2) is 26.3 Å². The molecular formula is C8H15N5OS. The van der Waals surface area contributed by atoms with Gasteiger partial charge in [0.25, 0.3) is 0 Å². The molecule has 0 aliphatic heterocycles. The number of thioether (sulfide) groups is 1. The molecule has 1 aromatic rings. The zero-order valence-corrected chi connectivity index (χ0v) is 9.76. The summed E-state index contributed by atoms with van der Waals surface area (Å²) in [5.41, 5.74) is 2.15. The third-order valence-electron chi connectivity index (χ3n) is 1.82. The van der Waals surface area contributed by atoms with E-state index in [1.165, 1.54) is 11.8 Å². The minimum absolute atomic E-state index is 0.164. The highest BCUT2D eigenvalue weighted by Gasteiger charge is 2.24. The predicted molar refractivity (Wildman–Crippen MR) is 57.9 cm³/mol. The molecule has 0 aromatic carbocycles. The normalized spacial score (nSPS) is 12.9. The molecule has 0 aliphatic carbocycles. The SMILES string of the molecule is Cc1nc(SC(C(=O)NN)C(C)C)n[nH]1. The lowest BCUT2D eigenvalue weighted by molar-refractivity contribution is -0.121. The first-order valence-corrected chi connectivity index (χ1v) is 5.48. The molecule has 6 nitrogen and oxygen atoms in total. The number of amides is 1. The lowest BCUT2D eigenvalue weighted by Gasteiger charge is -2.16.